The third-order valence-electron chi connectivity index (χ3n) is 5.85. The van der Waals surface area contributed by atoms with Crippen LogP contribution < -0.4 is 19.5 Å². The fourth-order valence-corrected chi connectivity index (χ4v) is 4.04. The number of rotatable bonds is 7. The maximum Gasteiger partial charge on any atom is 0.258 e. The zero-order valence-electron chi connectivity index (χ0n) is 19.4. The SMILES string of the molecule is CCc1ccc(-n2nc(C)c3c(C)cc(OCC(=O)NCc4ccc5c(c4)OCO5)nc32)cc1. The fourth-order valence-electron chi connectivity index (χ4n) is 4.04. The number of hydrogen-bond donors (Lipinski definition) is 1. The minimum Gasteiger partial charge on any atom is -0.468 e. The lowest BCUT2D eigenvalue weighted by atomic mass is 10.1. The lowest BCUT2D eigenvalue weighted by molar-refractivity contribution is -0.123. The monoisotopic (exact) mass is 458 g/mol. The van der Waals surface area contributed by atoms with Crippen LogP contribution in [0.2, 0.25) is 0 Å². The normalized spacial score (nSPS) is 12.2. The molecule has 1 N–H and O–H groups in total. The van der Waals surface area contributed by atoms with Crippen molar-refractivity contribution in [2.75, 3.05) is 13.4 Å². The molecule has 8 nitrogen and oxygen atoms in total. The number of ether oxygens (including phenoxy) is 3. The van der Waals surface area contributed by atoms with Crippen molar-refractivity contribution < 1.29 is 19.0 Å². The Morgan fingerprint density at radius 2 is 1.82 bits per heavy atom. The van der Waals surface area contributed by atoms with Crippen LogP contribution in [0, 0.1) is 13.8 Å². The van der Waals surface area contributed by atoms with Gasteiger partial charge in [0.05, 0.1) is 11.4 Å². The summed E-state index contributed by atoms with van der Waals surface area (Å²) >= 11 is 0. The second-order valence-electron chi connectivity index (χ2n) is 8.25. The summed E-state index contributed by atoms with van der Waals surface area (Å²) in [7, 11) is 0. The van der Waals surface area contributed by atoms with Crippen molar-refractivity contribution in [1.82, 2.24) is 20.1 Å². The topological polar surface area (TPSA) is 87.5 Å². The number of aryl methyl sites for hydroxylation is 3. The molecule has 0 saturated heterocycles. The highest BCUT2D eigenvalue weighted by molar-refractivity contribution is 5.84. The van der Waals surface area contributed by atoms with Crippen LogP contribution in [0.15, 0.2) is 48.5 Å². The molecular weight excluding hydrogens is 432 g/mol. The van der Waals surface area contributed by atoms with E-state index in [1.54, 1.807) is 0 Å². The van der Waals surface area contributed by atoms with Gasteiger partial charge < -0.3 is 19.5 Å². The van der Waals surface area contributed by atoms with Crippen molar-refractivity contribution >= 4 is 16.9 Å². The standard InChI is InChI=1S/C26H26N4O4/c1-4-18-5-8-20(9-6-18)30-26-25(17(3)29-30)16(2)11-24(28-26)32-14-23(31)27-13-19-7-10-21-22(12-19)34-15-33-21/h5-12H,4,13-15H2,1-3H3,(H,27,31). The van der Waals surface area contributed by atoms with Crippen LogP contribution in [0.3, 0.4) is 0 Å². The number of pyridine rings is 1. The van der Waals surface area contributed by atoms with E-state index in [0.29, 0.717) is 29.6 Å². The largest absolute Gasteiger partial charge is 0.468 e. The highest BCUT2D eigenvalue weighted by Gasteiger charge is 2.16. The van der Waals surface area contributed by atoms with Crippen molar-refractivity contribution in [3.8, 4) is 23.1 Å². The molecule has 0 fully saturated rings. The van der Waals surface area contributed by atoms with Crippen LogP contribution in [0.1, 0.15) is 29.3 Å². The Hall–Kier alpha value is -4.07. The van der Waals surface area contributed by atoms with Crippen molar-refractivity contribution in [3.63, 3.8) is 0 Å². The molecule has 0 atom stereocenters. The molecule has 8 heteroatoms. The Morgan fingerprint density at radius 1 is 1.06 bits per heavy atom. The van der Waals surface area contributed by atoms with E-state index in [1.165, 1.54) is 5.56 Å². The molecule has 0 aliphatic carbocycles. The third kappa shape index (κ3) is 4.26. The summed E-state index contributed by atoms with van der Waals surface area (Å²) in [6.07, 6.45) is 0.977. The van der Waals surface area contributed by atoms with Crippen molar-refractivity contribution in [2.24, 2.45) is 0 Å². The molecule has 34 heavy (non-hydrogen) atoms. The fraction of sp³-hybridized carbons (Fsp3) is 0.269. The molecule has 2 aromatic heterocycles. The highest BCUT2D eigenvalue weighted by atomic mass is 16.7. The number of amides is 1. The first-order valence-corrected chi connectivity index (χ1v) is 11.3. The predicted molar refractivity (Wildman–Crippen MR) is 128 cm³/mol. The minimum atomic E-state index is -0.239. The van der Waals surface area contributed by atoms with E-state index in [9.17, 15) is 4.79 Å². The first-order valence-electron chi connectivity index (χ1n) is 11.3. The average Bonchev–Trinajstić information content (AvgIpc) is 3.45. The Morgan fingerprint density at radius 3 is 2.62 bits per heavy atom. The predicted octanol–water partition coefficient (Wildman–Crippen LogP) is 4.02. The lowest BCUT2D eigenvalue weighted by Crippen LogP contribution is -2.28. The van der Waals surface area contributed by atoms with Gasteiger partial charge in [-0.25, -0.2) is 4.68 Å². The summed E-state index contributed by atoms with van der Waals surface area (Å²) in [4.78, 5) is 17.1. The summed E-state index contributed by atoms with van der Waals surface area (Å²) in [6.45, 7) is 6.54. The van der Waals surface area contributed by atoms with Crippen LogP contribution in [-0.4, -0.2) is 34.1 Å². The lowest BCUT2D eigenvalue weighted by Gasteiger charge is -2.10. The number of carbonyl (C=O) groups is 1. The summed E-state index contributed by atoms with van der Waals surface area (Å²) < 4.78 is 18.3. The van der Waals surface area contributed by atoms with Gasteiger partial charge >= 0.3 is 0 Å². The van der Waals surface area contributed by atoms with Gasteiger partial charge in [0.25, 0.3) is 5.91 Å². The average molecular weight is 459 g/mol. The first-order chi connectivity index (χ1) is 16.5. The van der Waals surface area contributed by atoms with Gasteiger partial charge in [-0.15, -0.1) is 0 Å². The molecule has 0 spiro atoms. The van der Waals surface area contributed by atoms with E-state index < -0.39 is 0 Å². The zero-order valence-corrected chi connectivity index (χ0v) is 19.4. The van der Waals surface area contributed by atoms with Gasteiger partial charge in [0.1, 0.15) is 0 Å². The maximum atomic E-state index is 12.4. The molecule has 1 amide bonds. The summed E-state index contributed by atoms with van der Waals surface area (Å²) in [5.74, 6) is 1.55. The number of nitrogens with one attached hydrogen (secondary N) is 1. The summed E-state index contributed by atoms with van der Waals surface area (Å²) in [6, 6.07) is 15.7. The Labute approximate surface area is 197 Å². The molecule has 3 heterocycles. The number of hydrogen-bond acceptors (Lipinski definition) is 6. The van der Waals surface area contributed by atoms with E-state index in [1.807, 2.05) is 54.9 Å². The van der Waals surface area contributed by atoms with E-state index in [-0.39, 0.29) is 19.3 Å². The number of benzene rings is 2. The molecule has 0 radical (unpaired) electrons. The molecule has 0 unspecified atom stereocenters. The van der Waals surface area contributed by atoms with E-state index in [4.69, 9.17) is 19.3 Å². The van der Waals surface area contributed by atoms with Crippen molar-refractivity contribution in [2.45, 2.75) is 33.7 Å². The van der Waals surface area contributed by atoms with Crippen LogP contribution in [0.5, 0.6) is 17.4 Å². The Balaban J connectivity index is 1.29. The van der Waals surface area contributed by atoms with E-state index in [2.05, 4.69) is 29.4 Å². The molecule has 5 rings (SSSR count). The van der Waals surface area contributed by atoms with Gasteiger partial charge in [0.15, 0.2) is 23.8 Å². The molecule has 0 bridgehead atoms. The number of nitrogens with zero attached hydrogens (tertiary/aromatic N) is 3. The van der Waals surface area contributed by atoms with Gasteiger partial charge in [-0.05, 0) is 61.2 Å². The molecule has 174 valence electrons. The van der Waals surface area contributed by atoms with Crippen LogP contribution in [0.4, 0.5) is 0 Å². The van der Waals surface area contributed by atoms with Crippen molar-refractivity contribution in [3.05, 3.63) is 70.9 Å². The van der Waals surface area contributed by atoms with E-state index >= 15 is 0 Å². The number of aromatic nitrogens is 3. The van der Waals surface area contributed by atoms with Gasteiger partial charge in [-0.3, -0.25) is 4.79 Å². The molecular formula is C26H26N4O4. The number of fused-ring (bicyclic) bond motifs is 2. The summed E-state index contributed by atoms with van der Waals surface area (Å²) in [5.41, 5.74) is 5.71. The zero-order chi connectivity index (χ0) is 23.7. The number of carbonyl (C=O) groups excluding carboxylic acids is 1. The molecule has 4 aromatic rings. The molecule has 1 aliphatic rings. The molecule has 0 saturated carbocycles. The Kier molecular flexibility index (Phi) is 5.79. The van der Waals surface area contributed by atoms with E-state index in [0.717, 1.165) is 34.3 Å². The summed E-state index contributed by atoms with van der Waals surface area (Å²) in [5, 5.41) is 8.54. The van der Waals surface area contributed by atoms with Gasteiger partial charge in [-0.1, -0.05) is 25.1 Å². The highest BCUT2D eigenvalue weighted by Crippen LogP contribution is 2.32. The first kappa shape index (κ1) is 21.8. The molecule has 1 aliphatic heterocycles. The van der Waals surface area contributed by atoms with Crippen LogP contribution >= 0.6 is 0 Å². The van der Waals surface area contributed by atoms with Gasteiger partial charge in [0, 0.05) is 18.0 Å². The maximum absolute atomic E-state index is 12.4. The smallest absolute Gasteiger partial charge is 0.258 e. The third-order valence-corrected chi connectivity index (χ3v) is 5.85. The van der Waals surface area contributed by atoms with Crippen molar-refractivity contribution in [1.29, 1.82) is 0 Å². The van der Waals surface area contributed by atoms with Gasteiger partial charge in [0.2, 0.25) is 12.7 Å². The second kappa shape index (κ2) is 9.05. The van der Waals surface area contributed by atoms with Crippen LogP contribution in [-0.2, 0) is 17.8 Å². The minimum absolute atomic E-state index is 0.138. The van der Waals surface area contributed by atoms with Crippen LogP contribution in [0.25, 0.3) is 16.7 Å². The molecule has 2 aromatic carbocycles. The second-order valence-corrected chi connectivity index (χ2v) is 8.25. The quantitative estimate of drug-likeness (QED) is 0.450. The van der Waals surface area contributed by atoms with Gasteiger partial charge in [-0.2, -0.15) is 10.1 Å². The Bertz CT molecular complexity index is 1360.